The fourth-order valence-corrected chi connectivity index (χ4v) is 1.24. The van der Waals surface area contributed by atoms with Crippen LogP contribution in [0.15, 0.2) is 0 Å². The van der Waals surface area contributed by atoms with Gasteiger partial charge in [-0.2, -0.15) is 0 Å². The maximum atomic E-state index is 11.1. The summed E-state index contributed by atoms with van der Waals surface area (Å²) in [4.78, 5) is 11.1. The van der Waals surface area contributed by atoms with Crippen molar-refractivity contribution in [2.45, 2.75) is 39.5 Å². The van der Waals surface area contributed by atoms with E-state index >= 15 is 0 Å². The van der Waals surface area contributed by atoms with Gasteiger partial charge >= 0.3 is 5.97 Å². The monoisotopic (exact) mass is 199 g/mol. The standard InChI is InChI=1S/C11H21NO2/c1-3-4-7-14-10(13)8-12-9-11(2)5-6-11/h12H,3-9H2,1-2H3. The number of unbranched alkanes of at least 4 members (excludes halogenated alkanes) is 1. The van der Waals surface area contributed by atoms with Gasteiger partial charge in [0.25, 0.3) is 0 Å². The Morgan fingerprint density at radius 3 is 2.79 bits per heavy atom. The Morgan fingerprint density at radius 1 is 1.50 bits per heavy atom. The van der Waals surface area contributed by atoms with E-state index in [2.05, 4.69) is 19.2 Å². The summed E-state index contributed by atoms with van der Waals surface area (Å²) >= 11 is 0. The lowest BCUT2D eigenvalue weighted by molar-refractivity contribution is -0.142. The van der Waals surface area contributed by atoms with E-state index in [1.807, 2.05) is 0 Å². The summed E-state index contributed by atoms with van der Waals surface area (Å²) in [6.45, 7) is 6.19. The molecule has 0 aliphatic heterocycles. The third kappa shape index (κ3) is 4.61. The van der Waals surface area contributed by atoms with Crippen molar-refractivity contribution >= 4 is 5.97 Å². The Kier molecular flexibility index (Phi) is 4.39. The maximum absolute atomic E-state index is 11.1. The van der Waals surface area contributed by atoms with Gasteiger partial charge in [-0.25, -0.2) is 0 Å². The normalized spacial score (nSPS) is 17.9. The Hall–Kier alpha value is -0.570. The quantitative estimate of drug-likeness (QED) is 0.501. The SMILES string of the molecule is CCCCOC(=O)CNCC1(C)CC1. The van der Waals surface area contributed by atoms with E-state index < -0.39 is 0 Å². The van der Waals surface area contributed by atoms with E-state index in [1.165, 1.54) is 12.8 Å². The van der Waals surface area contributed by atoms with Crippen LogP contribution in [0, 0.1) is 5.41 Å². The number of nitrogens with one attached hydrogen (secondary N) is 1. The molecule has 1 aliphatic rings. The number of hydrogen-bond donors (Lipinski definition) is 1. The number of ether oxygens (including phenoxy) is 1. The summed E-state index contributed by atoms with van der Waals surface area (Å²) in [5, 5.41) is 3.14. The maximum Gasteiger partial charge on any atom is 0.319 e. The molecule has 1 N–H and O–H groups in total. The van der Waals surface area contributed by atoms with E-state index in [9.17, 15) is 4.79 Å². The molecule has 1 rings (SSSR count). The molecule has 0 atom stereocenters. The molecule has 0 amide bonds. The molecule has 0 unspecified atom stereocenters. The lowest BCUT2D eigenvalue weighted by Crippen LogP contribution is -2.29. The highest BCUT2D eigenvalue weighted by molar-refractivity contribution is 5.71. The summed E-state index contributed by atoms with van der Waals surface area (Å²) in [6.07, 6.45) is 4.60. The average Bonchev–Trinajstić information content (AvgIpc) is 2.84. The van der Waals surface area contributed by atoms with Crippen molar-refractivity contribution in [3.8, 4) is 0 Å². The van der Waals surface area contributed by atoms with Crippen LogP contribution in [-0.2, 0) is 9.53 Å². The van der Waals surface area contributed by atoms with Crippen LogP contribution in [-0.4, -0.2) is 25.7 Å². The lowest BCUT2D eigenvalue weighted by atomic mass is 10.1. The highest BCUT2D eigenvalue weighted by Crippen LogP contribution is 2.43. The molecule has 1 saturated carbocycles. The van der Waals surface area contributed by atoms with Gasteiger partial charge < -0.3 is 10.1 Å². The minimum Gasteiger partial charge on any atom is -0.465 e. The second-order valence-corrected chi connectivity index (χ2v) is 4.49. The second-order valence-electron chi connectivity index (χ2n) is 4.49. The first kappa shape index (κ1) is 11.5. The van der Waals surface area contributed by atoms with E-state index in [-0.39, 0.29) is 5.97 Å². The average molecular weight is 199 g/mol. The summed E-state index contributed by atoms with van der Waals surface area (Å²) in [6, 6.07) is 0. The van der Waals surface area contributed by atoms with Crippen molar-refractivity contribution in [1.29, 1.82) is 0 Å². The van der Waals surface area contributed by atoms with Crippen LogP contribution < -0.4 is 5.32 Å². The summed E-state index contributed by atoms with van der Waals surface area (Å²) in [5.41, 5.74) is 0.462. The highest BCUT2D eigenvalue weighted by atomic mass is 16.5. The van der Waals surface area contributed by atoms with Crippen LogP contribution in [0.3, 0.4) is 0 Å². The molecule has 82 valence electrons. The van der Waals surface area contributed by atoms with Gasteiger partial charge in [-0.1, -0.05) is 20.3 Å². The molecule has 0 aromatic carbocycles. The first-order valence-electron chi connectivity index (χ1n) is 5.53. The molecule has 1 aliphatic carbocycles. The molecule has 0 radical (unpaired) electrons. The van der Waals surface area contributed by atoms with Crippen LogP contribution in [0.1, 0.15) is 39.5 Å². The van der Waals surface area contributed by atoms with Crippen molar-refractivity contribution < 1.29 is 9.53 Å². The van der Waals surface area contributed by atoms with Gasteiger partial charge in [0, 0.05) is 6.54 Å². The predicted molar refractivity (Wildman–Crippen MR) is 56.1 cm³/mol. The van der Waals surface area contributed by atoms with Crippen molar-refractivity contribution in [3.63, 3.8) is 0 Å². The number of carbonyl (C=O) groups is 1. The van der Waals surface area contributed by atoms with Gasteiger partial charge in [0.15, 0.2) is 0 Å². The summed E-state index contributed by atoms with van der Waals surface area (Å²) in [7, 11) is 0. The fourth-order valence-electron chi connectivity index (χ4n) is 1.24. The molecule has 1 fully saturated rings. The first-order chi connectivity index (χ1) is 6.66. The molecular formula is C11H21NO2. The molecule has 14 heavy (non-hydrogen) atoms. The van der Waals surface area contributed by atoms with E-state index in [1.54, 1.807) is 0 Å². The zero-order valence-electron chi connectivity index (χ0n) is 9.27. The molecule has 0 aromatic rings. The predicted octanol–water partition coefficient (Wildman–Crippen LogP) is 1.72. The first-order valence-corrected chi connectivity index (χ1v) is 5.53. The molecule has 3 nitrogen and oxygen atoms in total. The Morgan fingerprint density at radius 2 is 2.21 bits per heavy atom. The van der Waals surface area contributed by atoms with Crippen LogP contribution in [0.25, 0.3) is 0 Å². The van der Waals surface area contributed by atoms with E-state index in [0.717, 1.165) is 19.4 Å². The van der Waals surface area contributed by atoms with Crippen LogP contribution in [0.5, 0.6) is 0 Å². The van der Waals surface area contributed by atoms with Crippen LogP contribution in [0.2, 0.25) is 0 Å². The van der Waals surface area contributed by atoms with Gasteiger partial charge in [-0.15, -0.1) is 0 Å². The Labute approximate surface area is 86.2 Å². The zero-order chi connectivity index (χ0) is 10.4. The molecule has 3 heteroatoms. The molecule has 0 spiro atoms. The molecule has 0 bridgehead atoms. The third-order valence-corrected chi connectivity index (χ3v) is 2.69. The summed E-state index contributed by atoms with van der Waals surface area (Å²) < 4.78 is 5.02. The van der Waals surface area contributed by atoms with Gasteiger partial charge in [0.05, 0.1) is 13.2 Å². The number of rotatable bonds is 7. The van der Waals surface area contributed by atoms with Crippen molar-refractivity contribution in [2.75, 3.05) is 19.7 Å². The van der Waals surface area contributed by atoms with Crippen molar-refractivity contribution in [3.05, 3.63) is 0 Å². The number of carbonyl (C=O) groups excluding carboxylic acids is 1. The Bertz CT molecular complexity index is 188. The van der Waals surface area contributed by atoms with Gasteiger partial charge in [0.2, 0.25) is 0 Å². The van der Waals surface area contributed by atoms with Gasteiger partial charge in [-0.3, -0.25) is 4.79 Å². The minimum atomic E-state index is -0.123. The smallest absolute Gasteiger partial charge is 0.319 e. The fraction of sp³-hybridized carbons (Fsp3) is 0.909. The van der Waals surface area contributed by atoms with Gasteiger partial charge in [-0.05, 0) is 24.7 Å². The highest BCUT2D eigenvalue weighted by Gasteiger charge is 2.36. The molecular weight excluding hydrogens is 178 g/mol. The largest absolute Gasteiger partial charge is 0.465 e. The number of esters is 1. The van der Waals surface area contributed by atoms with E-state index in [4.69, 9.17) is 4.74 Å². The van der Waals surface area contributed by atoms with Crippen LogP contribution >= 0.6 is 0 Å². The Balaban J connectivity index is 1.92. The second kappa shape index (κ2) is 5.35. The topological polar surface area (TPSA) is 38.3 Å². The van der Waals surface area contributed by atoms with Crippen molar-refractivity contribution in [1.82, 2.24) is 5.32 Å². The molecule has 0 aromatic heterocycles. The van der Waals surface area contributed by atoms with Crippen LogP contribution in [0.4, 0.5) is 0 Å². The lowest BCUT2D eigenvalue weighted by Gasteiger charge is -2.09. The molecule has 0 heterocycles. The molecule has 0 saturated heterocycles. The van der Waals surface area contributed by atoms with Crippen molar-refractivity contribution in [2.24, 2.45) is 5.41 Å². The summed E-state index contributed by atoms with van der Waals surface area (Å²) in [5.74, 6) is -0.123. The zero-order valence-corrected chi connectivity index (χ0v) is 9.27. The van der Waals surface area contributed by atoms with Gasteiger partial charge in [0.1, 0.15) is 0 Å². The minimum absolute atomic E-state index is 0.123. The van der Waals surface area contributed by atoms with E-state index in [0.29, 0.717) is 18.6 Å². The number of hydrogen-bond acceptors (Lipinski definition) is 3. The third-order valence-electron chi connectivity index (χ3n) is 2.69.